The first-order chi connectivity index (χ1) is 9.66. The van der Waals surface area contributed by atoms with Gasteiger partial charge in [0, 0.05) is 18.3 Å². The molecule has 0 radical (unpaired) electrons. The predicted octanol–water partition coefficient (Wildman–Crippen LogP) is 2.43. The fraction of sp³-hybridized carbons (Fsp3) is 0.467. The molecule has 0 saturated heterocycles. The van der Waals surface area contributed by atoms with Gasteiger partial charge in [-0.15, -0.1) is 0 Å². The van der Waals surface area contributed by atoms with Crippen LogP contribution in [-0.4, -0.2) is 34.8 Å². The number of phenols is 1. The molecular formula is C15H22N2O4. The van der Waals surface area contributed by atoms with Crippen LogP contribution >= 0.6 is 0 Å². The van der Waals surface area contributed by atoms with Crippen molar-refractivity contribution in [3.05, 3.63) is 24.3 Å². The summed E-state index contributed by atoms with van der Waals surface area (Å²) in [6.45, 7) is 7.37. The monoisotopic (exact) mass is 294 g/mol. The van der Waals surface area contributed by atoms with E-state index in [0.29, 0.717) is 12.2 Å². The summed E-state index contributed by atoms with van der Waals surface area (Å²) < 4.78 is 0. The molecule has 0 aliphatic carbocycles. The van der Waals surface area contributed by atoms with E-state index in [4.69, 9.17) is 0 Å². The molecule has 0 fully saturated rings. The Kier molecular flexibility index (Phi) is 5.18. The Balaban J connectivity index is 2.96. The molecule has 0 bridgehead atoms. The molecule has 1 rings (SSSR count). The van der Waals surface area contributed by atoms with Crippen LogP contribution in [0.5, 0.6) is 5.75 Å². The van der Waals surface area contributed by atoms with Gasteiger partial charge < -0.3 is 15.5 Å². The average molecular weight is 294 g/mol. The second-order valence-electron chi connectivity index (χ2n) is 5.85. The highest BCUT2D eigenvalue weighted by atomic mass is 16.4. The van der Waals surface area contributed by atoms with Crippen LogP contribution in [0.3, 0.4) is 0 Å². The summed E-state index contributed by atoms with van der Waals surface area (Å²) in [5.74, 6) is -1.04. The van der Waals surface area contributed by atoms with Crippen LogP contribution in [0.2, 0.25) is 0 Å². The number of carbonyl (C=O) groups is 2. The maximum absolute atomic E-state index is 12.3. The SMILES string of the molecule is CCN(C(=O)NC(C(=O)O)C(C)(C)C)c1cccc(O)c1. The van der Waals surface area contributed by atoms with Crippen molar-refractivity contribution in [2.75, 3.05) is 11.4 Å². The summed E-state index contributed by atoms with van der Waals surface area (Å²) in [4.78, 5) is 25.0. The van der Waals surface area contributed by atoms with E-state index < -0.39 is 23.5 Å². The molecule has 6 nitrogen and oxygen atoms in total. The maximum atomic E-state index is 12.3. The van der Waals surface area contributed by atoms with Gasteiger partial charge in [0.15, 0.2) is 0 Å². The quantitative estimate of drug-likeness (QED) is 0.795. The van der Waals surface area contributed by atoms with Gasteiger partial charge in [0.05, 0.1) is 0 Å². The third-order valence-corrected chi connectivity index (χ3v) is 3.08. The Morgan fingerprint density at radius 3 is 2.38 bits per heavy atom. The van der Waals surface area contributed by atoms with Crippen LogP contribution in [0.1, 0.15) is 27.7 Å². The second kappa shape index (κ2) is 6.47. The lowest BCUT2D eigenvalue weighted by atomic mass is 9.87. The molecular weight excluding hydrogens is 272 g/mol. The van der Waals surface area contributed by atoms with Gasteiger partial charge in [-0.3, -0.25) is 4.90 Å². The smallest absolute Gasteiger partial charge is 0.326 e. The summed E-state index contributed by atoms with van der Waals surface area (Å²) in [6.07, 6.45) is 0. The molecule has 1 aromatic rings. The molecule has 0 aliphatic heterocycles. The van der Waals surface area contributed by atoms with Crippen molar-refractivity contribution in [3.8, 4) is 5.75 Å². The molecule has 0 spiro atoms. The van der Waals surface area contributed by atoms with Gasteiger partial charge in [0.2, 0.25) is 0 Å². The lowest BCUT2D eigenvalue weighted by molar-refractivity contribution is -0.141. The first-order valence-corrected chi connectivity index (χ1v) is 6.76. The van der Waals surface area contributed by atoms with Crippen LogP contribution in [0.25, 0.3) is 0 Å². The van der Waals surface area contributed by atoms with Crippen molar-refractivity contribution in [2.45, 2.75) is 33.7 Å². The number of carboxylic acid groups (broad SMARTS) is 1. The first-order valence-electron chi connectivity index (χ1n) is 6.76. The molecule has 0 aliphatic rings. The van der Waals surface area contributed by atoms with Crippen LogP contribution in [-0.2, 0) is 4.79 Å². The van der Waals surface area contributed by atoms with Crippen molar-refractivity contribution in [1.82, 2.24) is 5.32 Å². The molecule has 0 aromatic heterocycles. The minimum Gasteiger partial charge on any atom is -0.508 e. The third kappa shape index (κ3) is 4.37. The van der Waals surface area contributed by atoms with Crippen LogP contribution in [0.4, 0.5) is 10.5 Å². The van der Waals surface area contributed by atoms with Gasteiger partial charge in [0.25, 0.3) is 0 Å². The number of hydrogen-bond donors (Lipinski definition) is 3. The fourth-order valence-electron chi connectivity index (χ4n) is 1.95. The standard InChI is InChI=1S/C15H22N2O4/c1-5-17(10-7-6-8-11(18)9-10)14(21)16-12(13(19)20)15(2,3)4/h6-9,12,18H,5H2,1-4H3,(H,16,21)(H,19,20). The minimum atomic E-state index is -1.08. The highest BCUT2D eigenvalue weighted by Crippen LogP contribution is 2.22. The number of rotatable bonds is 4. The van der Waals surface area contributed by atoms with Crippen LogP contribution < -0.4 is 10.2 Å². The van der Waals surface area contributed by atoms with E-state index in [1.165, 1.54) is 17.0 Å². The molecule has 3 N–H and O–H groups in total. The van der Waals surface area contributed by atoms with E-state index in [1.807, 2.05) is 0 Å². The van der Waals surface area contributed by atoms with E-state index in [0.717, 1.165) is 0 Å². The summed E-state index contributed by atoms with van der Waals surface area (Å²) >= 11 is 0. The summed E-state index contributed by atoms with van der Waals surface area (Å²) in [7, 11) is 0. The number of benzene rings is 1. The maximum Gasteiger partial charge on any atom is 0.326 e. The molecule has 1 aromatic carbocycles. The highest BCUT2D eigenvalue weighted by Gasteiger charge is 2.33. The summed E-state index contributed by atoms with van der Waals surface area (Å²) in [5, 5.41) is 21.3. The summed E-state index contributed by atoms with van der Waals surface area (Å²) in [6, 6.07) is 4.75. The third-order valence-electron chi connectivity index (χ3n) is 3.08. The zero-order valence-electron chi connectivity index (χ0n) is 12.8. The van der Waals surface area contributed by atoms with Crippen molar-refractivity contribution in [3.63, 3.8) is 0 Å². The second-order valence-corrected chi connectivity index (χ2v) is 5.85. The topological polar surface area (TPSA) is 89.9 Å². The Labute approximate surface area is 124 Å². The van der Waals surface area contributed by atoms with E-state index >= 15 is 0 Å². The Hall–Kier alpha value is -2.24. The first kappa shape index (κ1) is 16.8. The van der Waals surface area contributed by atoms with E-state index in [1.54, 1.807) is 39.8 Å². The van der Waals surface area contributed by atoms with Crippen molar-refractivity contribution in [2.24, 2.45) is 5.41 Å². The van der Waals surface area contributed by atoms with Gasteiger partial charge in [-0.1, -0.05) is 26.8 Å². The fourth-order valence-corrected chi connectivity index (χ4v) is 1.95. The summed E-state index contributed by atoms with van der Waals surface area (Å²) in [5.41, 5.74) is -0.104. The van der Waals surface area contributed by atoms with Gasteiger partial charge in [-0.05, 0) is 24.5 Å². The van der Waals surface area contributed by atoms with Gasteiger partial charge >= 0.3 is 12.0 Å². The van der Waals surface area contributed by atoms with Gasteiger partial charge in [0.1, 0.15) is 11.8 Å². The molecule has 21 heavy (non-hydrogen) atoms. The number of nitrogens with one attached hydrogen (secondary N) is 1. The van der Waals surface area contributed by atoms with Crippen molar-refractivity contribution in [1.29, 1.82) is 0 Å². The number of urea groups is 1. The average Bonchev–Trinajstić information content (AvgIpc) is 2.35. The highest BCUT2D eigenvalue weighted by molar-refractivity contribution is 5.94. The number of aliphatic carboxylic acids is 1. The van der Waals surface area contributed by atoms with Crippen molar-refractivity contribution >= 4 is 17.7 Å². The Morgan fingerprint density at radius 1 is 1.33 bits per heavy atom. The van der Waals surface area contributed by atoms with E-state index in [-0.39, 0.29) is 5.75 Å². The number of nitrogens with zero attached hydrogens (tertiary/aromatic N) is 1. The largest absolute Gasteiger partial charge is 0.508 e. The molecule has 1 atom stereocenters. The molecule has 116 valence electrons. The molecule has 1 unspecified atom stereocenters. The van der Waals surface area contributed by atoms with Crippen LogP contribution in [0, 0.1) is 5.41 Å². The molecule has 2 amide bonds. The number of phenolic OH excluding ortho intramolecular Hbond substituents is 1. The number of anilines is 1. The molecule has 6 heteroatoms. The number of amides is 2. The number of carbonyl (C=O) groups excluding carboxylic acids is 1. The lowest BCUT2D eigenvalue weighted by Gasteiger charge is -2.30. The van der Waals surface area contributed by atoms with E-state index in [2.05, 4.69) is 5.32 Å². The Bertz CT molecular complexity index is 523. The minimum absolute atomic E-state index is 0.0457. The number of carboxylic acids is 1. The number of aromatic hydroxyl groups is 1. The predicted molar refractivity (Wildman–Crippen MR) is 80.5 cm³/mol. The molecule has 0 heterocycles. The Morgan fingerprint density at radius 2 is 1.95 bits per heavy atom. The van der Waals surface area contributed by atoms with Gasteiger partial charge in [-0.25, -0.2) is 9.59 Å². The number of hydrogen-bond acceptors (Lipinski definition) is 3. The normalized spacial score (nSPS) is 12.6. The van der Waals surface area contributed by atoms with Crippen LogP contribution in [0.15, 0.2) is 24.3 Å². The van der Waals surface area contributed by atoms with Crippen molar-refractivity contribution < 1.29 is 19.8 Å². The zero-order chi connectivity index (χ0) is 16.2. The van der Waals surface area contributed by atoms with E-state index in [9.17, 15) is 19.8 Å². The molecule has 0 saturated carbocycles. The van der Waals surface area contributed by atoms with Gasteiger partial charge in [-0.2, -0.15) is 0 Å². The zero-order valence-corrected chi connectivity index (χ0v) is 12.8. The lowest BCUT2D eigenvalue weighted by Crippen LogP contribution is -2.53.